The fraction of sp³-hybridized carbons (Fsp3) is 0.167. The van der Waals surface area contributed by atoms with E-state index in [1.807, 2.05) is 0 Å². The van der Waals surface area contributed by atoms with E-state index in [4.69, 9.17) is 10.5 Å². The summed E-state index contributed by atoms with van der Waals surface area (Å²) in [6.07, 6.45) is -2.12. The Morgan fingerprint density at radius 1 is 1.15 bits per heavy atom. The Kier molecular flexibility index (Phi) is 3.84. The van der Waals surface area contributed by atoms with E-state index in [0.29, 0.717) is 12.1 Å². The number of aromatic nitrogens is 2. The average Bonchev–Trinajstić information content (AvgIpc) is 2.40. The molecule has 0 radical (unpaired) electrons. The van der Waals surface area contributed by atoms with E-state index in [0.717, 1.165) is 6.07 Å². The van der Waals surface area contributed by atoms with Gasteiger partial charge in [0.05, 0.1) is 5.56 Å². The Labute approximate surface area is 111 Å². The molecule has 0 aliphatic heterocycles. The maximum Gasteiger partial charge on any atom is 0.419 e. The summed E-state index contributed by atoms with van der Waals surface area (Å²) in [5, 5.41) is 0. The van der Waals surface area contributed by atoms with E-state index in [-0.39, 0.29) is 23.9 Å². The van der Waals surface area contributed by atoms with Gasteiger partial charge in [0.1, 0.15) is 17.3 Å². The van der Waals surface area contributed by atoms with Crippen molar-refractivity contribution in [3.63, 3.8) is 0 Å². The predicted molar refractivity (Wildman–Crippen MR) is 61.4 cm³/mol. The molecule has 0 bridgehead atoms. The minimum Gasteiger partial charge on any atom is -0.437 e. The second-order valence-electron chi connectivity index (χ2n) is 3.75. The van der Waals surface area contributed by atoms with Crippen LogP contribution in [0.5, 0.6) is 11.6 Å². The van der Waals surface area contributed by atoms with Crippen LogP contribution in [0.15, 0.2) is 30.6 Å². The monoisotopic (exact) mass is 287 g/mol. The molecule has 2 aromatic rings. The van der Waals surface area contributed by atoms with Crippen LogP contribution in [0, 0.1) is 5.82 Å². The maximum absolute atomic E-state index is 13.1. The molecule has 0 atom stereocenters. The standard InChI is InChI=1S/C12H9F4N3O/c13-9-2-1-7(5-8(9)12(14,15)16)20-11-10(6-17)18-3-4-19-11/h1-5H,6,17H2. The van der Waals surface area contributed by atoms with Crippen molar-refractivity contribution in [3.8, 4) is 11.6 Å². The molecule has 2 rings (SSSR count). The fourth-order valence-corrected chi connectivity index (χ4v) is 1.48. The van der Waals surface area contributed by atoms with Gasteiger partial charge in [-0.25, -0.2) is 9.37 Å². The minimum absolute atomic E-state index is 0.0104. The fourth-order valence-electron chi connectivity index (χ4n) is 1.48. The van der Waals surface area contributed by atoms with Crippen molar-refractivity contribution in [2.75, 3.05) is 0 Å². The minimum atomic E-state index is -4.80. The number of hydrogen-bond donors (Lipinski definition) is 1. The first-order chi connectivity index (χ1) is 9.41. The van der Waals surface area contributed by atoms with Gasteiger partial charge >= 0.3 is 6.18 Å². The SMILES string of the molecule is NCc1nccnc1Oc1ccc(F)c(C(F)(F)F)c1. The highest BCUT2D eigenvalue weighted by Crippen LogP contribution is 2.34. The first-order valence-electron chi connectivity index (χ1n) is 5.46. The normalized spacial score (nSPS) is 11.4. The molecule has 0 saturated heterocycles. The first kappa shape index (κ1) is 14.2. The molecule has 0 fully saturated rings. The topological polar surface area (TPSA) is 61.0 Å². The number of ether oxygens (including phenoxy) is 1. The number of rotatable bonds is 3. The summed E-state index contributed by atoms with van der Waals surface area (Å²) in [6, 6.07) is 2.31. The van der Waals surface area contributed by atoms with Crippen molar-refractivity contribution >= 4 is 0 Å². The van der Waals surface area contributed by atoms with Crippen molar-refractivity contribution in [1.29, 1.82) is 0 Å². The van der Waals surface area contributed by atoms with Crippen LogP contribution in [0.3, 0.4) is 0 Å². The van der Waals surface area contributed by atoms with Crippen LogP contribution >= 0.6 is 0 Å². The van der Waals surface area contributed by atoms with Crippen molar-refractivity contribution in [1.82, 2.24) is 9.97 Å². The molecule has 2 N–H and O–H groups in total. The van der Waals surface area contributed by atoms with Crippen LogP contribution in [0.25, 0.3) is 0 Å². The zero-order chi connectivity index (χ0) is 14.8. The Bertz CT molecular complexity index is 616. The molecule has 1 heterocycles. The Morgan fingerprint density at radius 3 is 2.50 bits per heavy atom. The Balaban J connectivity index is 2.35. The van der Waals surface area contributed by atoms with E-state index < -0.39 is 17.6 Å². The number of nitrogens with zero attached hydrogens (tertiary/aromatic N) is 2. The second-order valence-corrected chi connectivity index (χ2v) is 3.75. The third-order valence-electron chi connectivity index (χ3n) is 2.39. The number of hydrogen-bond acceptors (Lipinski definition) is 4. The van der Waals surface area contributed by atoms with Crippen LogP contribution < -0.4 is 10.5 Å². The van der Waals surface area contributed by atoms with Gasteiger partial charge in [-0.05, 0) is 18.2 Å². The number of alkyl halides is 3. The van der Waals surface area contributed by atoms with Gasteiger partial charge in [-0.15, -0.1) is 0 Å². The number of nitrogens with two attached hydrogens (primary N) is 1. The summed E-state index contributed by atoms with van der Waals surface area (Å²) in [5.74, 6) is -1.59. The van der Waals surface area contributed by atoms with E-state index in [2.05, 4.69) is 9.97 Å². The lowest BCUT2D eigenvalue weighted by Crippen LogP contribution is -2.08. The zero-order valence-corrected chi connectivity index (χ0v) is 9.99. The lowest BCUT2D eigenvalue weighted by molar-refractivity contribution is -0.140. The first-order valence-corrected chi connectivity index (χ1v) is 5.46. The predicted octanol–water partition coefficient (Wildman–Crippen LogP) is 2.89. The molecule has 4 nitrogen and oxygen atoms in total. The third-order valence-corrected chi connectivity index (χ3v) is 2.39. The van der Waals surface area contributed by atoms with Gasteiger partial charge in [0.25, 0.3) is 0 Å². The van der Waals surface area contributed by atoms with Gasteiger partial charge in [0, 0.05) is 18.9 Å². The van der Waals surface area contributed by atoms with Crippen LogP contribution in [0.2, 0.25) is 0 Å². The van der Waals surface area contributed by atoms with Gasteiger partial charge in [0.15, 0.2) is 0 Å². The quantitative estimate of drug-likeness (QED) is 0.882. The van der Waals surface area contributed by atoms with Crippen molar-refractivity contribution in [2.24, 2.45) is 5.73 Å². The lowest BCUT2D eigenvalue weighted by Gasteiger charge is -2.11. The molecule has 20 heavy (non-hydrogen) atoms. The molecule has 0 spiro atoms. The van der Waals surface area contributed by atoms with Gasteiger partial charge in [-0.2, -0.15) is 13.2 Å². The highest BCUT2D eigenvalue weighted by Gasteiger charge is 2.34. The van der Waals surface area contributed by atoms with Gasteiger partial charge in [-0.1, -0.05) is 0 Å². The molecule has 0 aliphatic rings. The zero-order valence-electron chi connectivity index (χ0n) is 9.99. The van der Waals surface area contributed by atoms with E-state index in [1.54, 1.807) is 0 Å². The van der Waals surface area contributed by atoms with Gasteiger partial charge in [0.2, 0.25) is 5.88 Å². The van der Waals surface area contributed by atoms with Crippen molar-refractivity contribution in [2.45, 2.75) is 12.7 Å². The smallest absolute Gasteiger partial charge is 0.419 e. The third kappa shape index (κ3) is 3.02. The summed E-state index contributed by atoms with van der Waals surface area (Å²) in [6.45, 7) is 0.0104. The molecule has 0 aliphatic carbocycles. The summed E-state index contributed by atoms with van der Waals surface area (Å²) >= 11 is 0. The largest absolute Gasteiger partial charge is 0.437 e. The van der Waals surface area contributed by atoms with Crippen LogP contribution in [-0.2, 0) is 12.7 Å². The molecule has 1 aromatic carbocycles. The average molecular weight is 287 g/mol. The summed E-state index contributed by atoms with van der Waals surface area (Å²) in [4.78, 5) is 7.69. The Morgan fingerprint density at radius 2 is 1.85 bits per heavy atom. The van der Waals surface area contributed by atoms with Gasteiger partial charge < -0.3 is 10.5 Å². The Hall–Kier alpha value is -2.22. The molecule has 0 unspecified atom stereocenters. The second kappa shape index (κ2) is 5.41. The van der Waals surface area contributed by atoms with E-state index in [9.17, 15) is 17.6 Å². The van der Waals surface area contributed by atoms with Crippen LogP contribution in [0.4, 0.5) is 17.6 Å². The van der Waals surface area contributed by atoms with Crippen LogP contribution in [-0.4, -0.2) is 9.97 Å². The summed E-state index contributed by atoms with van der Waals surface area (Å²) in [5.41, 5.74) is 4.28. The number of halogens is 4. The molecule has 8 heteroatoms. The highest BCUT2D eigenvalue weighted by molar-refractivity contribution is 5.35. The molecule has 1 aromatic heterocycles. The summed E-state index contributed by atoms with van der Waals surface area (Å²) in [7, 11) is 0. The molecular weight excluding hydrogens is 278 g/mol. The number of benzene rings is 1. The molecular formula is C12H9F4N3O. The van der Waals surface area contributed by atoms with Gasteiger partial charge in [-0.3, -0.25) is 4.98 Å². The van der Waals surface area contributed by atoms with Crippen molar-refractivity contribution < 1.29 is 22.3 Å². The molecule has 0 saturated carbocycles. The maximum atomic E-state index is 13.1. The van der Waals surface area contributed by atoms with Crippen molar-refractivity contribution in [3.05, 3.63) is 47.7 Å². The lowest BCUT2D eigenvalue weighted by atomic mass is 10.2. The highest BCUT2D eigenvalue weighted by atomic mass is 19.4. The summed E-state index contributed by atoms with van der Waals surface area (Å²) < 4.78 is 56.0. The van der Waals surface area contributed by atoms with E-state index in [1.165, 1.54) is 12.4 Å². The molecule has 106 valence electrons. The molecule has 0 amide bonds. The van der Waals surface area contributed by atoms with Crippen LogP contribution in [0.1, 0.15) is 11.3 Å². The van der Waals surface area contributed by atoms with E-state index >= 15 is 0 Å².